The molecule has 1 aromatic carbocycles. The van der Waals surface area contributed by atoms with Crippen molar-refractivity contribution in [2.24, 2.45) is 29.6 Å². The summed E-state index contributed by atoms with van der Waals surface area (Å²) in [6.07, 6.45) is 2.61. The number of aromatic nitrogens is 1. The van der Waals surface area contributed by atoms with Gasteiger partial charge in [0.25, 0.3) is 0 Å². The van der Waals surface area contributed by atoms with E-state index in [1.165, 1.54) is 38.2 Å². The molecule has 3 nitrogen and oxygen atoms in total. The van der Waals surface area contributed by atoms with Gasteiger partial charge in [-0.3, -0.25) is 4.79 Å². The number of hydrogen-bond acceptors (Lipinski definition) is 3. The van der Waals surface area contributed by atoms with Crippen LogP contribution >= 0.6 is 11.3 Å². The number of carbonyl (C=O) groups is 1. The largest absolute Gasteiger partial charge is 0.416 e. The van der Waals surface area contributed by atoms with Gasteiger partial charge in [0, 0.05) is 6.42 Å². The molecule has 4 aliphatic rings. The van der Waals surface area contributed by atoms with E-state index in [-0.39, 0.29) is 5.91 Å². The Hall–Kier alpha value is -1.63. The van der Waals surface area contributed by atoms with Crippen molar-refractivity contribution in [3.63, 3.8) is 0 Å². The number of nitrogens with one attached hydrogen (secondary N) is 1. The number of hydrogen-bond donors (Lipinski definition) is 1. The van der Waals surface area contributed by atoms with Crippen molar-refractivity contribution >= 4 is 32.6 Å². The number of fused-ring (bicyclic) bond motifs is 1. The van der Waals surface area contributed by atoms with Crippen molar-refractivity contribution < 1.29 is 18.0 Å². The summed E-state index contributed by atoms with van der Waals surface area (Å²) < 4.78 is 39.0. The zero-order valence-electron chi connectivity index (χ0n) is 14.8. The monoisotopic (exact) mass is 394 g/mol. The third-order valence-corrected chi connectivity index (χ3v) is 7.74. The van der Waals surface area contributed by atoms with Gasteiger partial charge in [-0.1, -0.05) is 11.3 Å². The fraction of sp³-hybridized carbons (Fsp3) is 0.600. The molecule has 4 bridgehead atoms. The molecule has 7 heteroatoms. The van der Waals surface area contributed by atoms with E-state index >= 15 is 0 Å². The number of rotatable bonds is 3. The van der Waals surface area contributed by atoms with E-state index in [1.54, 1.807) is 0 Å². The molecule has 27 heavy (non-hydrogen) atoms. The lowest BCUT2D eigenvalue weighted by Gasteiger charge is -2.54. The summed E-state index contributed by atoms with van der Waals surface area (Å²) in [5.41, 5.74) is -0.206. The quantitative estimate of drug-likeness (QED) is 0.724. The molecule has 0 unspecified atom stereocenters. The number of carbonyl (C=O) groups excluding carboxylic acids is 1. The Bertz CT molecular complexity index is 863. The van der Waals surface area contributed by atoms with Gasteiger partial charge in [-0.15, -0.1) is 0 Å². The fourth-order valence-electron chi connectivity index (χ4n) is 5.91. The standard InChI is InChI=1S/C20H21F3N2OS/c21-20(22,23)14-1-2-16-17(8-14)27-19(24-16)25-18(26)9-15-12-4-10-3-11(6-12)7-13(15)5-10/h1-2,8,10-13,15H,3-7,9H2,(H,24,25,26). The van der Waals surface area contributed by atoms with Crippen molar-refractivity contribution in [3.05, 3.63) is 23.8 Å². The van der Waals surface area contributed by atoms with Crippen molar-refractivity contribution in [3.8, 4) is 0 Å². The van der Waals surface area contributed by atoms with Gasteiger partial charge in [0.1, 0.15) is 0 Å². The van der Waals surface area contributed by atoms with Gasteiger partial charge in [-0.2, -0.15) is 13.2 Å². The third kappa shape index (κ3) is 3.24. The molecule has 2 aromatic rings. The Morgan fingerprint density at radius 1 is 1.11 bits per heavy atom. The van der Waals surface area contributed by atoms with E-state index in [2.05, 4.69) is 10.3 Å². The van der Waals surface area contributed by atoms with E-state index in [0.717, 1.165) is 35.3 Å². The summed E-state index contributed by atoms with van der Waals surface area (Å²) in [6, 6.07) is 3.49. The molecule has 0 atom stereocenters. The van der Waals surface area contributed by atoms with Crippen LogP contribution in [0.4, 0.5) is 18.3 Å². The maximum Gasteiger partial charge on any atom is 0.416 e. The number of benzene rings is 1. The molecule has 0 spiro atoms. The Labute approximate surface area is 159 Å². The Kier molecular flexibility index (Phi) is 4.00. The highest BCUT2D eigenvalue weighted by Crippen LogP contribution is 2.57. The summed E-state index contributed by atoms with van der Waals surface area (Å²) in [5.74, 6) is 3.51. The van der Waals surface area contributed by atoms with E-state index in [9.17, 15) is 18.0 Å². The van der Waals surface area contributed by atoms with Crippen LogP contribution in [0, 0.1) is 29.6 Å². The van der Waals surface area contributed by atoms with Crippen LogP contribution in [0.15, 0.2) is 18.2 Å². The molecule has 0 saturated heterocycles. The molecule has 0 aliphatic heterocycles. The van der Waals surface area contributed by atoms with Crippen LogP contribution in [-0.4, -0.2) is 10.9 Å². The second kappa shape index (κ2) is 6.19. The van der Waals surface area contributed by atoms with Crippen molar-refractivity contribution in [1.82, 2.24) is 4.98 Å². The number of thiazole rings is 1. The Morgan fingerprint density at radius 2 is 1.78 bits per heavy atom. The first-order chi connectivity index (χ1) is 12.8. The van der Waals surface area contributed by atoms with Gasteiger partial charge < -0.3 is 5.32 Å². The van der Waals surface area contributed by atoms with E-state index in [1.807, 2.05) is 0 Å². The van der Waals surface area contributed by atoms with Gasteiger partial charge in [-0.25, -0.2) is 4.98 Å². The lowest BCUT2D eigenvalue weighted by Crippen LogP contribution is -2.46. The van der Waals surface area contributed by atoms with Crippen molar-refractivity contribution in [2.75, 3.05) is 5.32 Å². The highest BCUT2D eigenvalue weighted by molar-refractivity contribution is 7.22. The predicted molar refractivity (Wildman–Crippen MR) is 98.4 cm³/mol. The zero-order chi connectivity index (χ0) is 18.8. The average molecular weight is 394 g/mol. The molecule has 1 N–H and O–H groups in total. The van der Waals surface area contributed by atoms with E-state index in [0.29, 0.717) is 39.5 Å². The first-order valence-electron chi connectivity index (χ1n) is 9.63. The molecule has 144 valence electrons. The Balaban J connectivity index is 1.28. The maximum absolute atomic E-state index is 12.9. The minimum absolute atomic E-state index is 0.0532. The summed E-state index contributed by atoms with van der Waals surface area (Å²) >= 11 is 1.10. The lowest BCUT2D eigenvalue weighted by molar-refractivity contribution is -0.137. The van der Waals surface area contributed by atoms with Crippen LogP contribution < -0.4 is 5.32 Å². The lowest BCUT2D eigenvalue weighted by atomic mass is 9.51. The van der Waals surface area contributed by atoms with Gasteiger partial charge >= 0.3 is 6.18 Å². The number of amides is 1. The molecule has 0 radical (unpaired) electrons. The van der Waals surface area contributed by atoms with Crippen molar-refractivity contribution in [1.29, 1.82) is 0 Å². The van der Waals surface area contributed by atoms with Gasteiger partial charge in [0.15, 0.2) is 5.13 Å². The number of halogens is 3. The number of nitrogens with zero attached hydrogens (tertiary/aromatic N) is 1. The van der Waals surface area contributed by atoms with Gasteiger partial charge in [-0.05, 0) is 79.9 Å². The highest BCUT2D eigenvalue weighted by Gasteiger charge is 2.48. The minimum Gasteiger partial charge on any atom is -0.302 e. The minimum atomic E-state index is -4.37. The average Bonchev–Trinajstić information content (AvgIpc) is 2.98. The fourth-order valence-corrected chi connectivity index (χ4v) is 6.83. The molecular formula is C20H21F3N2OS. The second-order valence-corrected chi connectivity index (χ2v) is 9.58. The van der Waals surface area contributed by atoms with E-state index in [4.69, 9.17) is 0 Å². The molecule has 6 rings (SSSR count). The first kappa shape index (κ1) is 17.5. The van der Waals surface area contributed by atoms with Gasteiger partial charge in [0.05, 0.1) is 15.8 Å². The third-order valence-electron chi connectivity index (χ3n) is 6.81. The van der Waals surface area contributed by atoms with Crippen molar-refractivity contribution in [2.45, 2.75) is 44.7 Å². The van der Waals surface area contributed by atoms with Gasteiger partial charge in [0.2, 0.25) is 5.91 Å². The van der Waals surface area contributed by atoms with Crippen LogP contribution in [0.1, 0.15) is 44.1 Å². The summed E-state index contributed by atoms with van der Waals surface area (Å²) in [7, 11) is 0. The molecule has 4 saturated carbocycles. The van der Waals surface area contributed by atoms with Crippen LogP contribution in [0.3, 0.4) is 0 Å². The molecule has 1 amide bonds. The molecule has 1 aromatic heterocycles. The van der Waals surface area contributed by atoms with Crippen LogP contribution in [0.2, 0.25) is 0 Å². The molecule has 4 aliphatic carbocycles. The summed E-state index contributed by atoms with van der Waals surface area (Å²) in [5, 5.41) is 3.22. The smallest absolute Gasteiger partial charge is 0.302 e. The first-order valence-corrected chi connectivity index (χ1v) is 10.4. The highest BCUT2D eigenvalue weighted by atomic mass is 32.1. The number of anilines is 1. The summed E-state index contributed by atoms with van der Waals surface area (Å²) in [6.45, 7) is 0. The predicted octanol–water partition coefficient (Wildman–Crippen LogP) is 5.72. The molecule has 1 heterocycles. The van der Waals surface area contributed by atoms with Crippen LogP contribution in [0.25, 0.3) is 10.2 Å². The second-order valence-electron chi connectivity index (χ2n) is 8.55. The normalized spacial score (nSPS) is 32.2. The topological polar surface area (TPSA) is 42.0 Å². The molecule has 4 fully saturated rings. The Morgan fingerprint density at radius 3 is 2.41 bits per heavy atom. The molecular weight excluding hydrogens is 373 g/mol. The SMILES string of the molecule is O=C(CC1C2CC3CC(C2)CC1C3)Nc1nc2ccc(C(F)(F)F)cc2s1. The maximum atomic E-state index is 12.9. The van der Waals surface area contributed by atoms with E-state index < -0.39 is 11.7 Å². The van der Waals surface area contributed by atoms with Crippen LogP contribution in [0.5, 0.6) is 0 Å². The zero-order valence-corrected chi connectivity index (χ0v) is 15.6. The number of alkyl halides is 3. The van der Waals surface area contributed by atoms with Crippen LogP contribution in [-0.2, 0) is 11.0 Å². The summed E-state index contributed by atoms with van der Waals surface area (Å²) in [4.78, 5) is 16.9.